The Morgan fingerprint density at radius 2 is 1.73 bits per heavy atom. The first-order valence-corrected chi connectivity index (χ1v) is 12.8. The minimum absolute atomic E-state index is 0.160. The van der Waals surface area contributed by atoms with Crippen LogP contribution in [0, 0.1) is 11.6 Å². The number of halogens is 2. The highest BCUT2D eigenvalue weighted by atomic mass is 32.1. The van der Waals surface area contributed by atoms with Crippen LogP contribution in [0.3, 0.4) is 0 Å². The van der Waals surface area contributed by atoms with Crippen LogP contribution in [-0.4, -0.2) is 58.9 Å². The SMILES string of the molecule is CN1CCN(C(=O)c2ccc(-c3ccc4nccc(Nc5cc6ncsc6cc5F)c4c3)c(F)c2)CC1. The summed E-state index contributed by atoms with van der Waals surface area (Å²) in [6.45, 7) is 2.86. The van der Waals surface area contributed by atoms with E-state index in [0.29, 0.717) is 52.2 Å². The summed E-state index contributed by atoms with van der Waals surface area (Å²) in [5.41, 5.74) is 5.37. The van der Waals surface area contributed by atoms with E-state index in [-0.39, 0.29) is 11.7 Å². The molecule has 1 amide bonds. The predicted molar refractivity (Wildman–Crippen MR) is 143 cm³/mol. The number of hydrogen-bond donors (Lipinski definition) is 1. The van der Waals surface area contributed by atoms with Gasteiger partial charge in [0.1, 0.15) is 11.6 Å². The van der Waals surface area contributed by atoms with Gasteiger partial charge in [-0.05, 0) is 55.1 Å². The van der Waals surface area contributed by atoms with Gasteiger partial charge in [0.05, 0.1) is 26.9 Å². The van der Waals surface area contributed by atoms with Gasteiger partial charge in [0.15, 0.2) is 0 Å². The monoisotopic (exact) mass is 515 g/mol. The van der Waals surface area contributed by atoms with Crippen LogP contribution in [0.5, 0.6) is 0 Å². The smallest absolute Gasteiger partial charge is 0.254 e. The lowest BCUT2D eigenvalue weighted by Gasteiger charge is -2.32. The molecule has 186 valence electrons. The van der Waals surface area contributed by atoms with E-state index in [9.17, 15) is 9.18 Å². The van der Waals surface area contributed by atoms with Crippen molar-refractivity contribution < 1.29 is 13.6 Å². The van der Waals surface area contributed by atoms with E-state index in [1.54, 1.807) is 53.0 Å². The first-order chi connectivity index (χ1) is 18.0. The van der Waals surface area contributed by atoms with Gasteiger partial charge in [-0.3, -0.25) is 9.78 Å². The third kappa shape index (κ3) is 4.52. The molecule has 1 N–H and O–H groups in total. The zero-order chi connectivity index (χ0) is 25.5. The van der Waals surface area contributed by atoms with E-state index in [2.05, 4.69) is 20.2 Å². The Bertz CT molecular complexity index is 1650. The molecule has 1 fully saturated rings. The average molecular weight is 516 g/mol. The summed E-state index contributed by atoms with van der Waals surface area (Å²) in [5, 5.41) is 3.87. The molecule has 0 saturated carbocycles. The van der Waals surface area contributed by atoms with Crippen LogP contribution in [0.1, 0.15) is 10.4 Å². The van der Waals surface area contributed by atoms with Crippen molar-refractivity contribution in [1.82, 2.24) is 19.8 Å². The Labute approximate surface area is 216 Å². The number of hydrogen-bond acceptors (Lipinski definition) is 6. The van der Waals surface area contributed by atoms with Crippen LogP contribution in [-0.2, 0) is 0 Å². The molecule has 6 rings (SSSR count). The predicted octanol–water partition coefficient (Wildman–Crippen LogP) is 5.92. The van der Waals surface area contributed by atoms with Crippen LogP contribution in [0.4, 0.5) is 20.2 Å². The van der Waals surface area contributed by atoms with Gasteiger partial charge in [0.2, 0.25) is 0 Å². The topological polar surface area (TPSA) is 61.4 Å². The Balaban J connectivity index is 1.32. The van der Waals surface area contributed by atoms with E-state index < -0.39 is 5.82 Å². The molecule has 6 nitrogen and oxygen atoms in total. The lowest BCUT2D eigenvalue weighted by molar-refractivity contribution is 0.0663. The molecule has 0 radical (unpaired) electrons. The summed E-state index contributed by atoms with van der Waals surface area (Å²) in [5.74, 6) is -1.02. The number of carbonyl (C=O) groups excluding carboxylic acids is 1. The van der Waals surface area contributed by atoms with Crippen LogP contribution in [0.15, 0.2) is 66.3 Å². The Morgan fingerprint density at radius 1 is 0.892 bits per heavy atom. The molecule has 37 heavy (non-hydrogen) atoms. The molecule has 0 aliphatic carbocycles. The summed E-state index contributed by atoms with van der Waals surface area (Å²) in [7, 11) is 2.02. The molecule has 1 aliphatic heterocycles. The number of benzene rings is 3. The van der Waals surface area contributed by atoms with Crippen molar-refractivity contribution in [3.05, 3.63) is 83.5 Å². The summed E-state index contributed by atoms with van der Waals surface area (Å²) in [6, 6.07) is 14.9. The number of fused-ring (bicyclic) bond motifs is 2. The fourth-order valence-electron chi connectivity index (χ4n) is 4.62. The van der Waals surface area contributed by atoms with Crippen molar-refractivity contribution in [2.45, 2.75) is 0 Å². The van der Waals surface area contributed by atoms with Gasteiger partial charge in [-0.2, -0.15) is 0 Å². The summed E-state index contributed by atoms with van der Waals surface area (Å²) in [6.07, 6.45) is 1.64. The number of piperazine rings is 1. The number of nitrogens with zero attached hydrogens (tertiary/aromatic N) is 4. The van der Waals surface area contributed by atoms with Gasteiger partial charge >= 0.3 is 0 Å². The number of anilines is 2. The summed E-state index contributed by atoms with van der Waals surface area (Å²) in [4.78, 5) is 25.5. The Hall–Kier alpha value is -3.95. The van der Waals surface area contributed by atoms with Crippen molar-refractivity contribution in [2.75, 3.05) is 38.5 Å². The van der Waals surface area contributed by atoms with E-state index in [4.69, 9.17) is 0 Å². The van der Waals surface area contributed by atoms with Gasteiger partial charge in [0.25, 0.3) is 5.91 Å². The molecular weight excluding hydrogens is 492 g/mol. The third-order valence-electron chi connectivity index (χ3n) is 6.75. The van der Waals surface area contributed by atoms with Crippen LogP contribution < -0.4 is 5.32 Å². The van der Waals surface area contributed by atoms with E-state index in [1.165, 1.54) is 23.5 Å². The molecule has 1 saturated heterocycles. The number of nitrogens with one attached hydrogen (secondary N) is 1. The minimum Gasteiger partial charge on any atom is -0.352 e. The minimum atomic E-state index is -0.474. The number of pyridine rings is 1. The van der Waals surface area contributed by atoms with Crippen molar-refractivity contribution in [3.63, 3.8) is 0 Å². The van der Waals surface area contributed by atoms with Gasteiger partial charge < -0.3 is 15.1 Å². The highest BCUT2D eigenvalue weighted by Gasteiger charge is 2.21. The number of likely N-dealkylation sites (N-methyl/N-ethyl adjacent to an activating group) is 1. The molecule has 0 bridgehead atoms. The first kappa shape index (κ1) is 23.4. The highest BCUT2D eigenvalue weighted by molar-refractivity contribution is 7.16. The average Bonchev–Trinajstić information content (AvgIpc) is 3.36. The highest BCUT2D eigenvalue weighted by Crippen LogP contribution is 2.33. The summed E-state index contributed by atoms with van der Waals surface area (Å²) < 4.78 is 30.8. The van der Waals surface area contributed by atoms with Crippen molar-refractivity contribution >= 4 is 49.7 Å². The fraction of sp³-hybridized carbons (Fsp3) is 0.179. The standard InChI is InChI=1S/C28H23F2N5OS/c1-34-8-10-35(11-9-34)28(36)18-2-4-19(21(29)13-18)17-3-5-23-20(12-17)24(6-7-31-23)33-25-15-26-27(14-22(25)30)37-16-32-26/h2-7,12-16H,8-11H2,1H3,(H,31,33). The lowest BCUT2D eigenvalue weighted by Crippen LogP contribution is -2.47. The number of amides is 1. The second-order valence-electron chi connectivity index (χ2n) is 9.16. The second-order valence-corrected chi connectivity index (χ2v) is 10.0. The lowest BCUT2D eigenvalue weighted by atomic mass is 10.00. The molecule has 3 aromatic carbocycles. The van der Waals surface area contributed by atoms with Gasteiger partial charge in [0, 0.05) is 54.6 Å². The van der Waals surface area contributed by atoms with E-state index in [1.807, 2.05) is 13.1 Å². The number of rotatable bonds is 4. The van der Waals surface area contributed by atoms with Crippen LogP contribution in [0.2, 0.25) is 0 Å². The molecule has 9 heteroatoms. The molecule has 0 spiro atoms. The van der Waals surface area contributed by atoms with Gasteiger partial charge in [-0.25, -0.2) is 13.8 Å². The molecule has 0 atom stereocenters. The normalized spacial score (nSPS) is 14.4. The van der Waals surface area contributed by atoms with Crippen molar-refractivity contribution in [2.24, 2.45) is 0 Å². The van der Waals surface area contributed by atoms with Crippen molar-refractivity contribution in [3.8, 4) is 11.1 Å². The number of carbonyl (C=O) groups is 1. The van der Waals surface area contributed by atoms with Crippen molar-refractivity contribution in [1.29, 1.82) is 0 Å². The zero-order valence-electron chi connectivity index (χ0n) is 20.0. The third-order valence-corrected chi connectivity index (χ3v) is 7.54. The fourth-order valence-corrected chi connectivity index (χ4v) is 5.30. The molecular formula is C28H23F2N5OS. The maximum Gasteiger partial charge on any atom is 0.254 e. The van der Waals surface area contributed by atoms with Gasteiger partial charge in [-0.15, -0.1) is 11.3 Å². The Kier molecular flexibility index (Phi) is 6.02. The van der Waals surface area contributed by atoms with Gasteiger partial charge in [-0.1, -0.05) is 12.1 Å². The van der Waals surface area contributed by atoms with Crippen LogP contribution in [0.25, 0.3) is 32.2 Å². The molecule has 5 aromatic rings. The zero-order valence-corrected chi connectivity index (χ0v) is 20.9. The maximum atomic E-state index is 15.3. The molecule has 0 unspecified atom stereocenters. The molecule has 1 aliphatic rings. The first-order valence-electron chi connectivity index (χ1n) is 11.9. The number of aromatic nitrogens is 2. The van der Waals surface area contributed by atoms with E-state index >= 15 is 4.39 Å². The molecule has 2 aromatic heterocycles. The van der Waals surface area contributed by atoms with E-state index in [0.717, 1.165) is 23.2 Å². The largest absolute Gasteiger partial charge is 0.352 e. The molecule has 3 heterocycles. The van der Waals surface area contributed by atoms with Crippen LogP contribution >= 0.6 is 11.3 Å². The summed E-state index contributed by atoms with van der Waals surface area (Å²) >= 11 is 1.38. The maximum absolute atomic E-state index is 15.3. The second kappa shape index (κ2) is 9.49. The quantitative estimate of drug-likeness (QED) is 0.322. The number of thiazole rings is 1. The Morgan fingerprint density at radius 3 is 2.54 bits per heavy atom.